The van der Waals surface area contributed by atoms with Crippen molar-refractivity contribution in [1.82, 2.24) is 10.6 Å². The molecule has 0 bridgehead atoms. The standard InChI is InChI=1S/C16H23N3O2.HI/c1-2-17-16(18-9-12-7-8-12)19-10-13-11-20-14-5-3-4-6-15(14)21-13;/h3-6,12-13H,2,7-11H2,1H3,(H2,17,18,19);1H. The van der Waals surface area contributed by atoms with E-state index in [-0.39, 0.29) is 30.1 Å². The van der Waals surface area contributed by atoms with Crippen LogP contribution in [0.15, 0.2) is 29.3 Å². The van der Waals surface area contributed by atoms with Crippen LogP contribution in [0.25, 0.3) is 0 Å². The van der Waals surface area contributed by atoms with Gasteiger partial charge in [0.25, 0.3) is 0 Å². The summed E-state index contributed by atoms with van der Waals surface area (Å²) in [6, 6.07) is 7.78. The van der Waals surface area contributed by atoms with Crippen LogP contribution in [0.1, 0.15) is 19.8 Å². The summed E-state index contributed by atoms with van der Waals surface area (Å²) in [5, 5.41) is 6.61. The third-order valence-electron chi connectivity index (χ3n) is 3.61. The molecule has 0 spiro atoms. The fourth-order valence-corrected chi connectivity index (χ4v) is 2.24. The van der Waals surface area contributed by atoms with Crippen LogP contribution in [-0.2, 0) is 0 Å². The molecule has 3 rings (SSSR count). The Bertz CT molecular complexity index is 506. The van der Waals surface area contributed by atoms with Crippen LogP contribution in [0.2, 0.25) is 0 Å². The predicted molar refractivity (Wildman–Crippen MR) is 98.5 cm³/mol. The van der Waals surface area contributed by atoms with Crippen molar-refractivity contribution in [2.45, 2.75) is 25.9 Å². The molecule has 0 saturated heterocycles. The Kier molecular flexibility index (Phi) is 6.60. The highest BCUT2D eigenvalue weighted by molar-refractivity contribution is 14.0. The van der Waals surface area contributed by atoms with Gasteiger partial charge in [0, 0.05) is 13.1 Å². The van der Waals surface area contributed by atoms with Crippen molar-refractivity contribution in [2.75, 3.05) is 26.2 Å². The Labute approximate surface area is 148 Å². The number of aliphatic imine (C=N–C) groups is 1. The average molecular weight is 417 g/mol. The van der Waals surface area contributed by atoms with Gasteiger partial charge in [-0.3, -0.25) is 4.99 Å². The van der Waals surface area contributed by atoms with Gasteiger partial charge in [-0.2, -0.15) is 0 Å². The molecule has 2 N–H and O–H groups in total. The van der Waals surface area contributed by atoms with Crippen LogP contribution in [0, 0.1) is 5.92 Å². The number of nitrogens with one attached hydrogen (secondary N) is 2. The lowest BCUT2D eigenvalue weighted by Gasteiger charge is -2.27. The fourth-order valence-electron chi connectivity index (χ4n) is 2.24. The number of benzene rings is 1. The summed E-state index contributed by atoms with van der Waals surface area (Å²) in [5.74, 6) is 3.30. The van der Waals surface area contributed by atoms with Crippen LogP contribution in [0.5, 0.6) is 11.5 Å². The number of hydrogen-bond donors (Lipinski definition) is 2. The molecule has 1 heterocycles. The maximum absolute atomic E-state index is 5.93. The second-order valence-corrected chi connectivity index (χ2v) is 5.54. The first-order valence-electron chi connectivity index (χ1n) is 7.76. The van der Waals surface area contributed by atoms with Gasteiger partial charge in [-0.1, -0.05) is 12.1 Å². The van der Waals surface area contributed by atoms with E-state index >= 15 is 0 Å². The molecular weight excluding hydrogens is 393 g/mol. The molecule has 0 radical (unpaired) electrons. The van der Waals surface area contributed by atoms with Crippen molar-refractivity contribution in [2.24, 2.45) is 10.9 Å². The zero-order valence-corrected chi connectivity index (χ0v) is 15.2. The quantitative estimate of drug-likeness (QED) is 0.439. The Morgan fingerprint density at radius 2 is 2.00 bits per heavy atom. The van der Waals surface area contributed by atoms with Crippen LogP contribution >= 0.6 is 24.0 Å². The van der Waals surface area contributed by atoms with Crippen LogP contribution < -0.4 is 20.1 Å². The summed E-state index contributed by atoms with van der Waals surface area (Å²) in [6.07, 6.45) is 2.64. The minimum Gasteiger partial charge on any atom is -0.486 e. The van der Waals surface area contributed by atoms with Crippen LogP contribution in [-0.4, -0.2) is 38.3 Å². The van der Waals surface area contributed by atoms with E-state index in [4.69, 9.17) is 9.47 Å². The number of rotatable bonds is 5. The molecule has 122 valence electrons. The molecule has 1 atom stereocenters. The normalized spacial score (nSPS) is 20.0. The zero-order chi connectivity index (χ0) is 14.5. The maximum Gasteiger partial charge on any atom is 0.191 e. The number of hydrogen-bond acceptors (Lipinski definition) is 3. The number of para-hydroxylation sites is 2. The molecule has 0 aromatic heterocycles. The highest BCUT2D eigenvalue weighted by Gasteiger charge is 2.22. The lowest BCUT2D eigenvalue weighted by Crippen LogP contribution is -2.45. The first-order chi connectivity index (χ1) is 10.3. The molecule has 1 fully saturated rings. The number of halogens is 1. The highest BCUT2D eigenvalue weighted by Crippen LogP contribution is 2.30. The van der Waals surface area contributed by atoms with Gasteiger partial charge in [-0.15, -0.1) is 24.0 Å². The largest absolute Gasteiger partial charge is 0.486 e. The van der Waals surface area contributed by atoms with Gasteiger partial charge < -0.3 is 20.1 Å². The van der Waals surface area contributed by atoms with E-state index in [1.54, 1.807) is 0 Å². The first kappa shape index (κ1) is 17.2. The molecule has 1 aromatic rings. The van der Waals surface area contributed by atoms with Gasteiger partial charge in [0.15, 0.2) is 17.5 Å². The second-order valence-electron chi connectivity index (χ2n) is 5.54. The van der Waals surface area contributed by atoms with Crippen molar-refractivity contribution < 1.29 is 9.47 Å². The van der Waals surface area contributed by atoms with E-state index in [0.717, 1.165) is 36.5 Å². The Hall–Kier alpha value is -1.18. The maximum atomic E-state index is 5.93. The van der Waals surface area contributed by atoms with E-state index < -0.39 is 0 Å². The van der Waals surface area contributed by atoms with Crippen molar-refractivity contribution in [3.05, 3.63) is 24.3 Å². The monoisotopic (exact) mass is 417 g/mol. The molecule has 6 heteroatoms. The predicted octanol–water partition coefficient (Wildman–Crippen LogP) is 2.41. The Morgan fingerprint density at radius 1 is 1.23 bits per heavy atom. The van der Waals surface area contributed by atoms with Gasteiger partial charge >= 0.3 is 0 Å². The molecule has 1 aliphatic carbocycles. The van der Waals surface area contributed by atoms with Gasteiger partial charge in [-0.05, 0) is 37.8 Å². The molecule has 1 unspecified atom stereocenters. The topological polar surface area (TPSA) is 54.9 Å². The Balaban J connectivity index is 0.00000176. The third-order valence-corrected chi connectivity index (χ3v) is 3.61. The first-order valence-corrected chi connectivity index (χ1v) is 7.76. The average Bonchev–Trinajstić information content (AvgIpc) is 3.34. The lowest BCUT2D eigenvalue weighted by molar-refractivity contribution is 0.0936. The minimum absolute atomic E-state index is 0. The number of ether oxygens (including phenoxy) is 2. The molecule has 22 heavy (non-hydrogen) atoms. The highest BCUT2D eigenvalue weighted by atomic mass is 127. The third kappa shape index (κ3) is 4.93. The summed E-state index contributed by atoms with van der Waals surface area (Å²) in [6.45, 7) is 5.10. The summed E-state index contributed by atoms with van der Waals surface area (Å²) >= 11 is 0. The number of nitrogens with zero attached hydrogens (tertiary/aromatic N) is 1. The molecule has 2 aliphatic rings. The van der Waals surface area contributed by atoms with Crippen molar-refractivity contribution in [3.8, 4) is 11.5 Å². The van der Waals surface area contributed by atoms with Gasteiger partial charge in [0.05, 0.1) is 6.54 Å². The molecule has 5 nitrogen and oxygen atoms in total. The summed E-state index contributed by atoms with van der Waals surface area (Å²) in [5.41, 5.74) is 0. The van der Waals surface area contributed by atoms with E-state index in [1.807, 2.05) is 24.3 Å². The van der Waals surface area contributed by atoms with E-state index in [0.29, 0.717) is 13.2 Å². The lowest BCUT2D eigenvalue weighted by atomic mass is 10.2. The zero-order valence-electron chi connectivity index (χ0n) is 12.9. The van der Waals surface area contributed by atoms with Crippen molar-refractivity contribution in [1.29, 1.82) is 0 Å². The number of fused-ring (bicyclic) bond motifs is 1. The van der Waals surface area contributed by atoms with Gasteiger partial charge in [-0.25, -0.2) is 0 Å². The molecule has 1 saturated carbocycles. The molecular formula is C16H24IN3O2. The van der Waals surface area contributed by atoms with E-state index in [9.17, 15) is 0 Å². The van der Waals surface area contributed by atoms with Gasteiger partial charge in [0.2, 0.25) is 0 Å². The SMILES string of the molecule is CCNC(=NCC1CC1)NCC1COc2ccccc2O1.I. The van der Waals surface area contributed by atoms with E-state index in [1.165, 1.54) is 12.8 Å². The van der Waals surface area contributed by atoms with Crippen molar-refractivity contribution in [3.63, 3.8) is 0 Å². The van der Waals surface area contributed by atoms with Gasteiger partial charge in [0.1, 0.15) is 12.7 Å². The minimum atomic E-state index is 0. The molecule has 1 aliphatic heterocycles. The summed E-state index contributed by atoms with van der Waals surface area (Å²) in [7, 11) is 0. The molecule has 0 amide bonds. The Morgan fingerprint density at radius 3 is 2.73 bits per heavy atom. The van der Waals surface area contributed by atoms with E-state index in [2.05, 4.69) is 22.5 Å². The number of guanidine groups is 1. The summed E-state index contributed by atoms with van der Waals surface area (Å²) in [4.78, 5) is 4.60. The fraction of sp³-hybridized carbons (Fsp3) is 0.562. The summed E-state index contributed by atoms with van der Waals surface area (Å²) < 4.78 is 11.6. The molecule has 1 aromatic carbocycles. The van der Waals surface area contributed by atoms with Crippen LogP contribution in [0.3, 0.4) is 0 Å². The van der Waals surface area contributed by atoms with Crippen LogP contribution in [0.4, 0.5) is 0 Å². The smallest absolute Gasteiger partial charge is 0.191 e. The van der Waals surface area contributed by atoms with Crippen molar-refractivity contribution >= 4 is 29.9 Å². The second kappa shape index (κ2) is 8.45.